The summed E-state index contributed by atoms with van der Waals surface area (Å²) in [6, 6.07) is 8.07. The summed E-state index contributed by atoms with van der Waals surface area (Å²) >= 11 is 1.41. The van der Waals surface area contributed by atoms with E-state index in [4.69, 9.17) is 0 Å². The second-order valence-corrected chi connectivity index (χ2v) is 7.48. The molecule has 1 amide bonds. The van der Waals surface area contributed by atoms with E-state index in [1.165, 1.54) is 16.9 Å². The number of aromatic nitrogens is 1. The van der Waals surface area contributed by atoms with Crippen LogP contribution in [0, 0.1) is 25.7 Å². The van der Waals surface area contributed by atoms with Crippen molar-refractivity contribution in [2.24, 2.45) is 11.8 Å². The fraction of sp³-hybridized carbons (Fsp3) is 0.316. The number of thiazole rings is 1. The van der Waals surface area contributed by atoms with Crippen LogP contribution in [0.2, 0.25) is 0 Å². The van der Waals surface area contributed by atoms with Crippen LogP contribution in [0.4, 0.5) is 5.13 Å². The van der Waals surface area contributed by atoms with Gasteiger partial charge in [0.15, 0.2) is 5.13 Å². The van der Waals surface area contributed by atoms with Crippen LogP contribution < -0.4 is 5.32 Å². The van der Waals surface area contributed by atoms with Crippen molar-refractivity contribution in [2.75, 3.05) is 5.32 Å². The van der Waals surface area contributed by atoms with Gasteiger partial charge in [0.2, 0.25) is 5.91 Å². The van der Waals surface area contributed by atoms with Crippen LogP contribution >= 0.6 is 11.3 Å². The molecular weight excluding hydrogens is 336 g/mol. The Balaban J connectivity index is 1.78. The first-order valence-electron chi connectivity index (χ1n) is 8.19. The average molecular weight is 356 g/mol. The smallest absolute Gasteiger partial charge is 0.307 e. The van der Waals surface area contributed by atoms with Crippen LogP contribution in [0.1, 0.15) is 23.3 Å². The summed E-state index contributed by atoms with van der Waals surface area (Å²) in [6.07, 6.45) is 4.52. The molecule has 0 saturated heterocycles. The lowest BCUT2D eigenvalue weighted by Crippen LogP contribution is -2.34. The van der Waals surface area contributed by atoms with Crippen LogP contribution in [0.25, 0.3) is 11.3 Å². The molecule has 1 aliphatic carbocycles. The monoisotopic (exact) mass is 356 g/mol. The van der Waals surface area contributed by atoms with Gasteiger partial charge in [-0.3, -0.25) is 9.59 Å². The van der Waals surface area contributed by atoms with E-state index in [9.17, 15) is 14.7 Å². The molecule has 130 valence electrons. The maximum atomic E-state index is 12.5. The second kappa shape index (κ2) is 7.19. The van der Waals surface area contributed by atoms with Gasteiger partial charge in [-0.2, -0.15) is 0 Å². The van der Waals surface area contributed by atoms with E-state index in [2.05, 4.69) is 10.3 Å². The largest absolute Gasteiger partial charge is 0.481 e. The molecule has 0 spiro atoms. The number of rotatable bonds is 4. The quantitative estimate of drug-likeness (QED) is 0.811. The number of carboxylic acids is 1. The van der Waals surface area contributed by atoms with Crippen molar-refractivity contribution in [3.63, 3.8) is 0 Å². The summed E-state index contributed by atoms with van der Waals surface area (Å²) < 4.78 is 0. The molecule has 0 bridgehead atoms. The van der Waals surface area contributed by atoms with E-state index in [1.54, 1.807) is 0 Å². The number of carbonyl (C=O) groups excluding carboxylic acids is 1. The highest BCUT2D eigenvalue weighted by molar-refractivity contribution is 7.16. The molecule has 6 heteroatoms. The van der Waals surface area contributed by atoms with E-state index in [1.807, 2.05) is 50.3 Å². The lowest BCUT2D eigenvalue weighted by Gasteiger charge is -2.23. The first kappa shape index (κ1) is 17.4. The zero-order valence-electron chi connectivity index (χ0n) is 14.2. The number of nitrogens with zero attached hydrogens (tertiary/aromatic N) is 1. The zero-order chi connectivity index (χ0) is 18.0. The molecule has 2 N–H and O–H groups in total. The number of amides is 1. The van der Waals surface area contributed by atoms with Crippen LogP contribution in [0.5, 0.6) is 0 Å². The van der Waals surface area contributed by atoms with Gasteiger partial charge in [0, 0.05) is 10.4 Å². The third kappa shape index (κ3) is 3.79. The SMILES string of the molecule is Cc1ccc(-c2nc(NC(=O)[C@@H]3CC=CC[C@@H]3C(=O)O)sc2C)cc1. The summed E-state index contributed by atoms with van der Waals surface area (Å²) in [6.45, 7) is 3.99. The Kier molecular flexibility index (Phi) is 4.99. The van der Waals surface area contributed by atoms with Gasteiger partial charge < -0.3 is 10.4 Å². The van der Waals surface area contributed by atoms with Crippen molar-refractivity contribution >= 4 is 28.3 Å². The Morgan fingerprint density at radius 3 is 2.40 bits per heavy atom. The number of benzene rings is 1. The van der Waals surface area contributed by atoms with E-state index in [0.29, 0.717) is 18.0 Å². The van der Waals surface area contributed by atoms with Crippen LogP contribution in [0.15, 0.2) is 36.4 Å². The van der Waals surface area contributed by atoms with Crippen molar-refractivity contribution in [1.29, 1.82) is 0 Å². The highest BCUT2D eigenvalue weighted by Gasteiger charge is 2.34. The molecule has 3 rings (SSSR count). The first-order chi connectivity index (χ1) is 12.0. The average Bonchev–Trinajstić information content (AvgIpc) is 2.95. The molecule has 1 aliphatic rings. The lowest BCUT2D eigenvalue weighted by molar-refractivity contribution is -0.146. The van der Waals surface area contributed by atoms with E-state index >= 15 is 0 Å². The minimum absolute atomic E-state index is 0.277. The fourth-order valence-electron chi connectivity index (χ4n) is 3.00. The van der Waals surface area contributed by atoms with E-state index in [0.717, 1.165) is 16.1 Å². The molecule has 0 fully saturated rings. The normalized spacial score (nSPS) is 19.6. The third-order valence-corrected chi connectivity index (χ3v) is 5.32. The molecular formula is C19H20N2O3S. The molecule has 1 aromatic carbocycles. The Morgan fingerprint density at radius 2 is 1.76 bits per heavy atom. The van der Waals surface area contributed by atoms with Crippen LogP contribution in [-0.2, 0) is 9.59 Å². The van der Waals surface area contributed by atoms with Gasteiger partial charge >= 0.3 is 5.97 Å². The zero-order valence-corrected chi connectivity index (χ0v) is 15.0. The second-order valence-electron chi connectivity index (χ2n) is 6.27. The topological polar surface area (TPSA) is 79.3 Å². The summed E-state index contributed by atoms with van der Waals surface area (Å²) in [7, 11) is 0. The van der Waals surface area contributed by atoms with Gasteiger partial charge in [-0.05, 0) is 26.7 Å². The summed E-state index contributed by atoms with van der Waals surface area (Å²) in [5, 5.41) is 12.6. The minimum atomic E-state index is -0.930. The number of aliphatic carboxylic acids is 1. The number of aryl methyl sites for hydroxylation is 2. The fourth-order valence-corrected chi connectivity index (χ4v) is 3.84. The number of hydrogen-bond donors (Lipinski definition) is 2. The Hall–Kier alpha value is -2.47. The molecule has 1 aromatic heterocycles. The Morgan fingerprint density at radius 1 is 1.12 bits per heavy atom. The molecule has 0 unspecified atom stereocenters. The maximum Gasteiger partial charge on any atom is 0.307 e. The number of allylic oxidation sites excluding steroid dienone is 2. The maximum absolute atomic E-state index is 12.5. The number of carboxylic acid groups (broad SMARTS) is 1. The number of carbonyl (C=O) groups is 2. The highest BCUT2D eigenvalue weighted by atomic mass is 32.1. The van der Waals surface area contributed by atoms with Crippen LogP contribution in [-0.4, -0.2) is 22.0 Å². The van der Waals surface area contributed by atoms with E-state index in [-0.39, 0.29) is 5.91 Å². The third-order valence-electron chi connectivity index (χ3n) is 4.44. The summed E-state index contributed by atoms with van der Waals surface area (Å²) in [5.74, 6) is -2.45. The van der Waals surface area contributed by atoms with Crippen molar-refractivity contribution in [1.82, 2.24) is 4.98 Å². The predicted octanol–water partition coefficient (Wildman–Crippen LogP) is 4.03. The highest BCUT2D eigenvalue weighted by Crippen LogP contribution is 2.32. The summed E-state index contributed by atoms with van der Waals surface area (Å²) in [5.41, 5.74) is 3.03. The van der Waals surface area contributed by atoms with Crippen LogP contribution in [0.3, 0.4) is 0 Å². The van der Waals surface area contributed by atoms with Gasteiger partial charge in [-0.25, -0.2) is 4.98 Å². The van der Waals surface area contributed by atoms with Crippen molar-refractivity contribution in [3.05, 3.63) is 46.9 Å². The molecule has 0 saturated carbocycles. The summed E-state index contributed by atoms with van der Waals surface area (Å²) in [4.78, 5) is 29.5. The number of hydrogen-bond acceptors (Lipinski definition) is 4. The van der Waals surface area contributed by atoms with Gasteiger partial charge in [-0.1, -0.05) is 42.0 Å². The molecule has 0 radical (unpaired) electrons. The minimum Gasteiger partial charge on any atom is -0.481 e. The predicted molar refractivity (Wildman–Crippen MR) is 98.6 cm³/mol. The molecule has 0 aliphatic heterocycles. The molecule has 1 heterocycles. The van der Waals surface area contributed by atoms with Crippen molar-refractivity contribution in [2.45, 2.75) is 26.7 Å². The van der Waals surface area contributed by atoms with Gasteiger partial charge in [0.1, 0.15) is 0 Å². The van der Waals surface area contributed by atoms with Crippen molar-refractivity contribution in [3.8, 4) is 11.3 Å². The molecule has 25 heavy (non-hydrogen) atoms. The van der Waals surface area contributed by atoms with E-state index < -0.39 is 17.8 Å². The number of nitrogens with one attached hydrogen (secondary N) is 1. The molecule has 2 aromatic rings. The van der Waals surface area contributed by atoms with Crippen molar-refractivity contribution < 1.29 is 14.7 Å². The lowest BCUT2D eigenvalue weighted by atomic mass is 9.82. The van der Waals surface area contributed by atoms with Gasteiger partial charge in [-0.15, -0.1) is 11.3 Å². The standard InChI is InChI=1S/C19H20N2O3S/c1-11-7-9-13(10-8-11)16-12(2)25-19(20-16)21-17(22)14-5-3-4-6-15(14)18(23)24/h3-4,7-10,14-15H,5-6H2,1-2H3,(H,23,24)(H,20,21,22)/t14-,15+/m1/s1. The van der Waals surface area contributed by atoms with Gasteiger partial charge in [0.25, 0.3) is 0 Å². The van der Waals surface area contributed by atoms with Gasteiger partial charge in [0.05, 0.1) is 17.5 Å². The molecule has 5 nitrogen and oxygen atoms in total. The Labute approximate surface area is 150 Å². The number of anilines is 1. The molecule has 2 atom stereocenters. The first-order valence-corrected chi connectivity index (χ1v) is 9.00. The Bertz CT molecular complexity index is 824.